The Balaban J connectivity index is 1.36. The predicted molar refractivity (Wildman–Crippen MR) is 129 cm³/mol. The van der Waals surface area contributed by atoms with Crippen LogP contribution in [0.2, 0.25) is 0 Å². The van der Waals surface area contributed by atoms with Crippen molar-refractivity contribution in [1.82, 2.24) is 14.8 Å². The number of hydrogen-bond donors (Lipinski definition) is 1. The molecule has 8 nitrogen and oxygen atoms in total. The number of carbonyl (C=O) groups is 3. The highest BCUT2D eigenvalue weighted by Crippen LogP contribution is 2.37. The topological polar surface area (TPSA) is 89.9 Å². The molecular formula is C27H27N3O5. The van der Waals surface area contributed by atoms with E-state index in [0.717, 1.165) is 21.9 Å². The van der Waals surface area contributed by atoms with Crippen molar-refractivity contribution in [3.63, 3.8) is 0 Å². The van der Waals surface area contributed by atoms with Crippen molar-refractivity contribution in [3.05, 3.63) is 82.7 Å². The highest BCUT2D eigenvalue weighted by Gasteiger charge is 2.50. The molecule has 1 atom stereocenters. The summed E-state index contributed by atoms with van der Waals surface area (Å²) in [6.07, 6.45) is 0. The van der Waals surface area contributed by atoms with Gasteiger partial charge in [-0.05, 0) is 50.1 Å². The largest absolute Gasteiger partial charge is 0.486 e. The number of imide groups is 1. The molecule has 35 heavy (non-hydrogen) atoms. The first-order chi connectivity index (χ1) is 16.8. The van der Waals surface area contributed by atoms with Crippen LogP contribution in [0.3, 0.4) is 0 Å². The van der Waals surface area contributed by atoms with Crippen LogP contribution in [0.4, 0.5) is 4.79 Å². The standard InChI is InChI=1S/C27H27N3O5/c1-17-13-21(18(2)29(17)15-19-7-5-4-6-8-19)22(31)16-30-25(32)27(3,28-26(30)33)20-9-10-23-24(14-20)35-12-11-34-23/h4-10,13-14H,11-12,15-16H2,1-3H3,(H,28,33). The Morgan fingerprint density at radius 3 is 2.46 bits per heavy atom. The Kier molecular flexibility index (Phi) is 5.59. The zero-order valence-corrected chi connectivity index (χ0v) is 20.0. The molecule has 5 rings (SSSR count). The number of urea groups is 1. The predicted octanol–water partition coefficient (Wildman–Crippen LogP) is 3.57. The summed E-state index contributed by atoms with van der Waals surface area (Å²) in [4.78, 5) is 40.4. The van der Waals surface area contributed by atoms with Gasteiger partial charge in [0.2, 0.25) is 0 Å². The zero-order valence-electron chi connectivity index (χ0n) is 20.0. The number of fused-ring (bicyclic) bond motifs is 1. The number of amides is 3. The number of nitrogens with one attached hydrogen (secondary N) is 1. The van der Waals surface area contributed by atoms with Crippen molar-refractivity contribution in [2.24, 2.45) is 0 Å². The molecular weight excluding hydrogens is 446 g/mol. The van der Waals surface area contributed by atoms with Crippen LogP contribution in [-0.4, -0.2) is 46.9 Å². The molecule has 1 aromatic heterocycles. The molecule has 1 N–H and O–H groups in total. The second-order valence-electron chi connectivity index (χ2n) is 9.08. The van der Waals surface area contributed by atoms with Crippen LogP contribution >= 0.6 is 0 Å². The second-order valence-corrected chi connectivity index (χ2v) is 9.08. The minimum absolute atomic E-state index is 0.285. The van der Waals surface area contributed by atoms with Gasteiger partial charge in [0.1, 0.15) is 18.8 Å². The molecule has 0 saturated carbocycles. The molecule has 0 bridgehead atoms. The van der Waals surface area contributed by atoms with Crippen LogP contribution in [0, 0.1) is 13.8 Å². The molecule has 1 unspecified atom stereocenters. The van der Waals surface area contributed by atoms with E-state index in [-0.39, 0.29) is 12.3 Å². The number of benzene rings is 2. The summed E-state index contributed by atoms with van der Waals surface area (Å²) >= 11 is 0. The molecule has 0 spiro atoms. The van der Waals surface area contributed by atoms with E-state index < -0.39 is 17.5 Å². The van der Waals surface area contributed by atoms with Gasteiger partial charge in [-0.2, -0.15) is 0 Å². The fourth-order valence-electron chi connectivity index (χ4n) is 4.71. The van der Waals surface area contributed by atoms with E-state index >= 15 is 0 Å². The van der Waals surface area contributed by atoms with Gasteiger partial charge < -0.3 is 19.4 Å². The van der Waals surface area contributed by atoms with Crippen LogP contribution < -0.4 is 14.8 Å². The summed E-state index contributed by atoms with van der Waals surface area (Å²) in [6.45, 7) is 6.64. The maximum Gasteiger partial charge on any atom is 0.325 e. The molecule has 0 radical (unpaired) electrons. The fourth-order valence-corrected chi connectivity index (χ4v) is 4.71. The number of Topliss-reactive ketones (excluding diaryl/α,β-unsaturated/α-hetero) is 1. The third-order valence-electron chi connectivity index (χ3n) is 6.75. The lowest BCUT2D eigenvalue weighted by Gasteiger charge is -2.25. The molecule has 3 heterocycles. The molecule has 2 aliphatic rings. The van der Waals surface area contributed by atoms with Gasteiger partial charge in [0.05, 0.1) is 6.54 Å². The van der Waals surface area contributed by atoms with Gasteiger partial charge in [-0.3, -0.25) is 14.5 Å². The molecule has 8 heteroatoms. The number of ether oxygens (including phenoxy) is 2. The summed E-state index contributed by atoms with van der Waals surface area (Å²) in [5, 5.41) is 2.76. The van der Waals surface area contributed by atoms with Gasteiger partial charge in [0, 0.05) is 23.5 Å². The van der Waals surface area contributed by atoms with Gasteiger partial charge in [0.25, 0.3) is 5.91 Å². The lowest BCUT2D eigenvalue weighted by Crippen LogP contribution is -2.41. The lowest BCUT2D eigenvalue weighted by molar-refractivity contribution is -0.130. The number of aromatic nitrogens is 1. The summed E-state index contributed by atoms with van der Waals surface area (Å²) in [5.74, 6) is 0.355. The molecule has 2 aromatic carbocycles. The van der Waals surface area contributed by atoms with Crippen LogP contribution in [0.15, 0.2) is 54.6 Å². The Hall–Kier alpha value is -4.07. The summed E-state index contributed by atoms with van der Waals surface area (Å²) in [6, 6.07) is 16.4. The van der Waals surface area contributed by atoms with Crippen molar-refractivity contribution >= 4 is 17.7 Å². The van der Waals surface area contributed by atoms with E-state index in [1.807, 2.05) is 50.2 Å². The van der Waals surface area contributed by atoms with Gasteiger partial charge in [0.15, 0.2) is 17.3 Å². The van der Waals surface area contributed by atoms with E-state index in [9.17, 15) is 14.4 Å². The smallest absolute Gasteiger partial charge is 0.325 e. The Labute approximate surface area is 203 Å². The normalized spacial score (nSPS) is 19.1. The van der Waals surface area contributed by atoms with Crippen molar-refractivity contribution in [3.8, 4) is 11.5 Å². The van der Waals surface area contributed by atoms with Gasteiger partial charge >= 0.3 is 6.03 Å². The molecule has 180 valence electrons. The number of aryl methyl sites for hydroxylation is 1. The Bertz CT molecular complexity index is 1330. The Morgan fingerprint density at radius 2 is 1.71 bits per heavy atom. The third-order valence-corrected chi connectivity index (χ3v) is 6.75. The molecule has 1 fully saturated rings. The quantitative estimate of drug-likeness (QED) is 0.437. The van der Waals surface area contributed by atoms with E-state index in [1.54, 1.807) is 25.1 Å². The number of carbonyl (C=O) groups excluding carboxylic acids is 3. The molecule has 1 saturated heterocycles. The molecule has 2 aliphatic heterocycles. The average molecular weight is 474 g/mol. The number of rotatable bonds is 6. The SMILES string of the molecule is Cc1cc(C(=O)CN2C(=O)NC(C)(c3ccc4c(c3)OCCO4)C2=O)c(C)n1Cc1ccccc1. The lowest BCUT2D eigenvalue weighted by atomic mass is 9.91. The van der Waals surface area contributed by atoms with Crippen molar-refractivity contribution in [1.29, 1.82) is 0 Å². The van der Waals surface area contributed by atoms with E-state index in [4.69, 9.17) is 9.47 Å². The van der Waals surface area contributed by atoms with E-state index in [1.165, 1.54) is 0 Å². The number of ketones is 1. The zero-order chi connectivity index (χ0) is 24.7. The molecule has 3 amide bonds. The first-order valence-electron chi connectivity index (χ1n) is 11.6. The molecule has 0 aliphatic carbocycles. The van der Waals surface area contributed by atoms with Gasteiger partial charge in [-0.25, -0.2) is 4.79 Å². The maximum absolute atomic E-state index is 13.4. The van der Waals surface area contributed by atoms with Crippen molar-refractivity contribution < 1.29 is 23.9 Å². The van der Waals surface area contributed by atoms with Crippen LogP contribution in [0.5, 0.6) is 11.5 Å². The second kappa shape index (κ2) is 8.61. The van der Waals surface area contributed by atoms with E-state index in [2.05, 4.69) is 9.88 Å². The molecule has 3 aromatic rings. The fraction of sp³-hybridized carbons (Fsp3) is 0.296. The average Bonchev–Trinajstić information content (AvgIpc) is 3.26. The number of hydrogen-bond acceptors (Lipinski definition) is 5. The summed E-state index contributed by atoms with van der Waals surface area (Å²) in [7, 11) is 0. The third kappa shape index (κ3) is 3.95. The highest BCUT2D eigenvalue weighted by atomic mass is 16.6. The highest BCUT2D eigenvalue weighted by molar-refractivity contribution is 6.11. The summed E-state index contributed by atoms with van der Waals surface area (Å²) < 4.78 is 13.2. The maximum atomic E-state index is 13.4. The van der Waals surface area contributed by atoms with Gasteiger partial charge in [-0.1, -0.05) is 36.4 Å². The first kappa shape index (κ1) is 22.7. The van der Waals surface area contributed by atoms with Gasteiger partial charge in [-0.15, -0.1) is 0 Å². The van der Waals surface area contributed by atoms with Crippen LogP contribution in [0.25, 0.3) is 0 Å². The monoisotopic (exact) mass is 473 g/mol. The summed E-state index contributed by atoms with van der Waals surface area (Å²) in [5.41, 5.74) is 2.63. The number of nitrogens with zero attached hydrogens (tertiary/aromatic N) is 2. The van der Waals surface area contributed by atoms with Crippen molar-refractivity contribution in [2.75, 3.05) is 19.8 Å². The van der Waals surface area contributed by atoms with E-state index in [0.29, 0.717) is 42.4 Å². The minimum atomic E-state index is -1.31. The van der Waals surface area contributed by atoms with Crippen molar-refractivity contribution in [2.45, 2.75) is 32.9 Å². The minimum Gasteiger partial charge on any atom is -0.486 e. The Morgan fingerprint density at radius 1 is 1.00 bits per heavy atom. The van der Waals surface area contributed by atoms with Crippen LogP contribution in [-0.2, 0) is 16.9 Å². The first-order valence-corrected chi connectivity index (χ1v) is 11.6. The van der Waals surface area contributed by atoms with Crippen LogP contribution in [0.1, 0.15) is 39.8 Å².